The SMILES string of the molecule is CC1CC2CC(C)C(CNc3nc4ccc(-c5cccc6c(N)c(C(N)=O)nnc56)cc4[nH]3)C(C1)C2. The van der Waals surface area contributed by atoms with Crippen molar-refractivity contribution >= 4 is 39.5 Å². The molecule has 2 bridgehead atoms. The number of fused-ring (bicyclic) bond motifs is 4. The van der Waals surface area contributed by atoms with Crippen LogP contribution in [0.25, 0.3) is 33.1 Å². The average molecular weight is 484 g/mol. The number of benzene rings is 2. The van der Waals surface area contributed by atoms with E-state index in [2.05, 4.69) is 40.4 Å². The van der Waals surface area contributed by atoms with Crippen LogP contribution in [0.2, 0.25) is 0 Å². The quantitative estimate of drug-likeness (QED) is 0.316. The number of hydrogen-bond acceptors (Lipinski definition) is 6. The minimum atomic E-state index is -0.688. The Morgan fingerprint density at radius 3 is 2.81 bits per heavy atom. The molecule has 2 aromatic heterocycles. The summed E-state index contributed by atoms with van der Waals surface area (Å²) < 4.78 is 0. The molecule has 2 aliphatic rings. The van der Waals surface area contributed by atoms with Crippen LogP contribution >= 0.6 is 0 Å². The summed E-state index contributed by atoms with van der Waals surface area (Å²) in [5, 5.41) is 12.5. The predicted octanol–water partition coefficient (Wildman–Crippen LogP) is 4.97. The van der Waals surface area contributed by atoms with Crippen LogP contribution in [-0.4, -0.2) is 32.6 Å². The summed E-state index contributed by atoms with van der Waals surface area (Å²) in [4.78, 5) is 19.9. The molecule has 4 aromatic rings. The number of nitrogens with zero attached hydrogens (tertiary/aromatic N) is 3. The van der Waals surface area contributed by atoms with Crippen molar-refractivity contribution < 1.29 is 4.79 Å². The molecule has 0 spiro atoms. The summed E-state index contributed by atoms with van der Waals surface area (Å²) in [5.41, 5.74) is 16.1. The highest BCUT2D eigenvalue weighted by molar-refractivity contribution is 6.07. The van der Waals surface area contributed by atoms with Crippen LogP contribution in [0.1, 0.15) is 50.0 Å². The Labute approximate surface area is 210 Å². The maximum absolute atomic E-state index is 11.6. The van der Waals surface area contributed by atoms with E-state index < -0.39 is 5.91 Å². The zero-order valence-corrected chi connectivity index (χ0v) is 20.8. The fourth-order valence-corrected chi connectivity index (χ4v) is 6.92. The molecule has 8 nitrogen and oxygen atoms in total. The molecule has 0 saturated heterocycles. The third kappa shape index (κ3) is 3.94. The van der Waals surface area contributed by atoms with Gasteiger partial charge in [0.15, 0.2) is 5.69 Å². The summed E-state index contributed by atoms with van der Waals surface area (Å²) in [6.07, 6.45) is 5.52. The molecule has 2 fully saturated rings. The van der Waals surface area contributed by atoms with Crippen LogP contribution < -0.4 is 16.8 Å². The van der Waals surface area contributed by atoms with Crippen LogP contribution in [0.5, 0.6) is 0 Å². The molecule has 2 heterocycles. The first-order valence-electron chi connectivity index (χ1n) is 13.0. The monoisotopic (exact) mass is 483 g/mol. The van der Waals surface area contributed by atoms with Crippen LogP contribution in [0.4, 0.5) is 11.6 Å². The lowest BCUT2D eigenvalue weighted by Crippen LogP contribution is -2.40. The Bertz CT molecular complexity index is 1460. The molecule has 6 N–H and O–H groups in total. The number of nitrogens with two attached hydrogens (primary N) is 2. The minimum absolute atomic E-state index is 0.00937. The second-order valence-corrected chi connectivity index (χ2v) is 11.0. The van der Waals surface area contributed by atoms with E-state index in [1.807, 2.05) is 30.3 Å². The van der Waals surface area contributed by atoms with Gasteiger partial charge in [0.1, 0.15) is 5.52 Å². The number of H-pyrrole nitrogens is 1. The number of nitrogens with one attached hydrogen (secondary N) is 2. The molecule has 186 valence electrons. The van der Waals surface area contributed by atoms with E-state index in [9.17, 15) is 4.79 Å². The van der Waals surface area contributed by atoms with E-state index >= 15 is 0 Å². The number of nitrogen functional groups attached to an aromatic ring is 1. The standard InChI is InChI=1S/C28H33N7O/c1-14-8-16-10-15(2)21(18(9-14)11-16)13-31-28-32-22-7-6-17(12-23(22)33-28)19-4-3-5-20-24(29)26(27(30)36)35-34-25(19)20/h3-7,12,14-16,18,21H,8-11,13H2,1-2H3,(H2,29,34)(H2,30,36)(H2,31,32,33). The Hall–Kier alpha value is -3.68. The molecular weight excluding hydrogens is 450 g/mol. The highest BCUT2D eigenvalue weighted by atomic mass is 16.1. The van der Waals surface area contributed by atoms with Crippen molar-refractivity contribution in [3.05, 3.63) is 42.1 Å². The molecule has 0 aliphatic heterocycles. The number of primary amides is 1. The zero-order valence-electron chi connectivity index (χ0n) is 20.8. The summed E-state index contributed by atoms with van der Waals surface area (Å²) >= 11 is 0. The van der Waals surface area contributed by atoms with Gasteiger partial charge in [0.05, 0.1) is 16.7 Å². The Balaban J connectivity index is 1.26. The second kappa shape index (κ2) is 8.76. The number of amides is 1. The molecular formula is C28H33N7O. The molecule has 1 amide bonds. The number of carbonyl (C=O) groups is 1. The summed E-state index contributed by atoms with van der Waals surface area (Å²) in [6, 6.07) is 11.8. The maximum atomic E-state index is 11.6. The molecule has 2 aromatic carbocycles. The first-order valence-corrected chi connectivity index (χ1v) is 13.0. The number of aromatic amines is 1. The molecule has 0 radical (unpaired) electrons. The Morgan fingerprint density at radius 2 is 1.97 bits per heavy atom. The molecule has 2 saturated carbocycles. The number of anilines is 2. The highest BCUT2D eigenvalue weighted by Gasteiger charge is 2.39. The first kappa shape index (κ1) is 22.8. The van der Waals surface area contributed by atoms with E-state index in [0.29, 0.717) is 16.8 Å². The zero-order chi connectivity index (χ0) is 25.0. The molecule has 2 aliphatic carbocycles. The molecule has 36 heavy (non-hydrogen) atoms. The second-order valence-electron chi connectivity index (χ2n) is 11.0. The lowest BCUT2D eigenvalue weighted by Gasteiger charge is -2.46. The maximum Gasteiger partial charge on any atom is 0.271 e. The van der Waals surface area contributed by atoms with Gasteiger partial charge >= 0.3 is 0 Å². The van der Waals surface area contributed by atoms with Gasteiger partial charge in [-0.15, -0.1) is 10.2 Å². The third-order valence-electron chi connectivity index (χ3n) is 8.48. The van der Waals surface area contributed by atoms with Crippen molar-refractivity contribution in [2.75, 3.05) is 17.6 Å². The number of aromatic nitrogens is 4. The van der Waals surface area contributed by atoms with Gasteiger partial charge in [-0.1, -0.05) is 38.1 Å². The van der Waals surface area contributed by atoms with Crippen LogP contribution in [0, 0.1) is 29.6 Å². The fourth-order valence-electron chi connectivity index (χ4n) is 6.92. The Morgan fingerprint density at radius 1 is 1.11 bits per heavy atom. The van der Waals surface area contributed by atoms with Crippen LogP contribution in [0.3, 0.4) is 0 Å². The lowest BCUT2D eigenvalue weighted by molar-refractivity contribution is 0.0534. The summed E-state index contributed by atoms with van der Waals surface area (Å²) in [7, 11) is 0. The minimum Gasteiger partial charge on any atom is -0.396 e. The van der Waals surface area contributed by atoms with Gasteiger partial charge in [0.25, 0.3) is 5.91 Å². The van der Waals surface area contributed by atoms with Crippen molar-refractivity contribution in [1.82, 2.24) is 20.2 Å². The molecule has 6 rings (SSSR count). The van der Waals surface area contributed by atoms with Crippen molar-refractivity contribution in [1.29, 1.82) is 0 Å². The molecule has 5 unspecified atom stereocenters. The van der Waals surface area contributed by atoms with Gasteiger partial charge in [-0.25, -0.2) is 4.98 Å². The van der Waals surface area contributed by atoms with Gasteiger partial charge < -0.3 is 21.8 Å². The van der Waals surface area contributed by atoms with E-state index in [-0.39, 0.29) is 11.4 Å². The molecule has 8 heteroatoms. The predicted molar refractivity (Wildman–Crippen MR) is 143 cm³/mol. The number of hydrogen-bond donors (Lipinski definition) is 4. The average Bonchev–Trinajstić information content (AvgIpc) is 3.25. The topological polar surface area (TPSA) is 136 Å². The van der Waals surface area contributed by atoms with Crippen LogP contribution in [-0.2, 0) is 0 Å². The Kier molecular flexibility index (Phi) is 5.54. The molecule has 5 atom stereocenters. The smallest absolute Gasteiger partial charge is 0.271 e. The van der Waals surface area contributed by atoms with Crippen LogP contribution in [0.15, 0.2) is 36.4 Å². The normalized spacial score (nSPS) is 25.8. The van der Waals surface area contributed by atoms with Crippen molar-refractivity contribution in [3.8, 4) is 11.1 Å². The number of rotatable bonds is 5. The number of imidazole rings is 1. The van der Waals surface area contributed by atoms with Crippen molar-refractivity contribution in [2.24, 2.45) is 35.3 Å². The fraction of sp³-hybridized carbons (Fsp3) is 0.429. The van der Waals surface area contributed by atoms with E-state index in [0.717, 1.165) is 58.3 Å². The first-order chi connectivity index (χ1) is 17.4. The largest absolute Gasteiger partial charge is 0.396 e. The van der Waals surface area contributed by atoms with Gasteiger partial charge in [0.2, 0.25) is 5.95 Å². The summed E-state index contributed by atoms with van der Waals surface area (Å²) in [6.45, 7) is 5.81. The lowest BCUT2D eigenvalue weighted by atomic mass is 9.60. The van der Waals surface area contributed by atoms with Crippen molar-refractivity contribution in [2.45, 2.75) is 39.5 Å². The third-order valence-corrected chi connectivity index (χ3v) is 8.48. The van der Waals surface area contributed by atoms with Crippen molar-refractivity contribution in [3.63, 3.8) is 0 Å². The van der Waals surface area contributed by atoms with Gasteiger partial charge in [0, 0.05) is 17.5 Å². The van der Waals surface area contributed by atoms with E-state index in [4.69, 9.17) is 16.5 Å². The van der Waals surface area contributed by atoms with E-state index in [1.54, 1.807) is 0 Å². The number of carbonyl (C=O) groups excluding carboxylic acids is 1. The van der Waals surface area contributed by atoms with Gasteiger partial charge in [-0.3, -0.25) is 4.79 Å². The highest BCUT2D eigenvalue weighted by Crippen LogP contribution is 2.48. The van der Waals surface area contributed by atoms with E-state index in [1.165, 1.54) is 25.7 Å². The van der Waals surface area contributed by atoms with Gasteiger partial charge in [-0.2, -0.15) is 0 Å². The van der Waals surface area contributed by atoms with Gasteiger partial charge in [-0.05, 0) is 73.0 Å². The summed E-state index contributed by atoms with van der Waals surface area (Å²) in [5.74, 6) is 4.16.